The van der Waals surface area contributed by atoms with Gasteiger partial charge < -0.3 is 15.4 Å². The van der Waals surface area contributed by atoms with Crippen LogP contribution in [0.1, 0.15) is 76.0 Å². The molecule has 2 amide bonds. The molecule has 12 nitrogen and oxygen atoms in total. The third kappa shape index (κ3) is 7.92. The summed E-state index contributed by atoms with van der Waals surface area (Å²) in [4.78, 5) is 39.5. The number of hydrogen-bond donors (Lipinski definition) is 3. The van der Waals surface area contributed by atoms with Crippen molar-refractivity contribution in [3.8, 4) is 11.4 Å². The molecule has 3 aromatic rings. The van der Waals surface area contributed by atoms with Crippen LogP contribution in [0.2, 0.25) is 5.02 Å². The van der Waals surface area contributed by atoms with Crippen LogP contribution >= 0.6 is 11.6 Å². The number of aromatic nitrogens is 5. The maximum absolute atomic E-state index is 14.9. The second-order valence-electron chi connectivity index (χ2n) is 14.9. The number of nitrogens with zero attached hydrogens (tertiary/aromatic N) is 6. The fraction of sp³-hybridized carbons (Fsp3) is 0.457. The molecule has 0 radical (unpaired) electrons. The summed E-state index contributed by atoms with van der Waals surface area (Å²) < 4.78 is 113. The Kier molecular flexibility index (Phi) is 10.4. The Labute approximate surface area is 318 Å². The minimum atomic E-state index is -4.76. The van der Waals surface area contributed by atoms with Crippen molar-refractivity contribution < 1.29 is 49.4 Å². The molecule has 3 N–H and O–H groups in total. The zero-order valence-electron chi connectivity index (χ0n) is 29.8. The lowest BCUT2D eigenvalue weighted by atomic mass is 9.70. The first-order valence-corrected chi connectivity index (χ1v) is 17.4. The summed E-state index contributed by atoms with van der Waals surface area (Å²) in [5, 5.41) is 17.4. The molecular weight excluding hydrogens is 782 g/mol. The molecule has 21 heteroatoms. The normalized spacial score (nSPS) is 21.6. The minimum absolute atomic E-state index is 0.0571. The minimum Gasteiger partial charge on any atom is -0.447 e. The molecule has 1 aliphatic heterocycles. The maximum atomic E-state index is 14.9. The molecule has 1 saturated carbocycles. The van der Waals surface area contributed by atoms with Crippen LogP contribution < -0.4 is 10.6 Å². The van der Waals surface area contributed by atoms with Gasteiger partial charge in [-0.15, -0.1) is 0 Å². The summed E-state index contributed by atoms with van der Waals surface area (Å²) in [5.41, 5.74) is -3.82. The van der Waals surface area contributed by atoms with Gasteiger partial charge in [0.15, 0.2) is 11.8 Å². The highest BCUT2D eigenvalue weighted by molar-refractivity contribution is 6.33. The van der Waals surface area contributed by atoms with Crippen molar-refractivity contribution in [1.82, 2.24) is 40.3 Å². The molecule has 1 unspecified atom stereocenters. The molecule has 6 rings (SSSR count). The largest absolute Gasteiger partial charge is 0.451 e. The predicted molar refractivity (Wildman–Crippen MR) is 184 cm³/mol. The number of halogens is 9. The van der Waals surface area contributed by atoms with E-state index < -0.39 is 77.7 Å². The number of ether oxygens (including phenoxy) is 1. The Balaban J connectivity index is 1.36. The average Bonchev–Trinajstić information content (AvgIpc) is 3.66. The van der Waals surface area contributed by atoms with E-state index in [0.717, 1.165) is 23.6 Å². The van der Waals surface area contributed by atoms with Crippen LogP contribution in [0, 0.1) is 16.7 Å². The topological polar surface area (TPSA) is 151 Å². The van der Waals surface area contributed by atoms with Gasteiger partial charge in [-0.2, -0.15) is 44.9 Å². The van der Waals surface area contributed by atoms with Crippen molar-refractivity contribution in [2.75, 3.05) is 6.61 Å². The predicted octanol–water partition coefficient (Wildman–Crippen LogP) is 7.87. The van der Waals surface area contributed by atoms with Gasteiger partial charge in [0.1, 0.15) is 24.0 Å². The molecule has 2 fully saturated rings. The van der Waals surface area contributed by atoms with E-state index in [0.29, 0.717) is 10.3 Å². The lowest BCUT2D eigenvalue weighted by molar-refractivity contribution is -0.164. The highest BCUT2D eigenvalue weighted by atomic mass is 35.5. The van der Waals surface area contributed by atoms with Crippen LogP contribution in [0.15, 0.2) is 55.1 Å². The molecule has 56 heavy (non-hydrogen) atoms. The molecule has 1 aromatic carbocycles. The van der Waals surface area contributed by atoms with Crippen molar-refractivity contribution in [2.45, 2.75) is 82.5 Å². The van der Waals surface area contributed by atoms with Crippen LogP contribution in [0.3, 0.4) is 0 Å². The Hall–Kier alpha value is -5.14. The quantitative estimate of drug-likeness (QED) is 0.175. The Morgan fingerprint density at radius 1 is 1.11 bits per heavy atom. The van der Waals surface area contributed by atoms with E-state index in [1.165, 1.54) is 18.2 Å². The summed E-state index contributed by atoms with van der Waals surface area (Å²) in [6.07, 6.45) is -3.54. The number of rotatable bonds is 10. The van der Waals surface area contributed by atoms with E-state index in [1.54, 1.807) is 18.2 Å². The van der Waals surface area contributed by atoms with E-state index in [1.807, 2.05) is 26.1 Å². The standard InChI is InChI=1S/C35H34ClF8N9O3/c1-31(2,3)16-33(21-7-4-18(5-8-21)20-13-46-26(47-14-20)34(39,40)41)27(54)52(29(45)50-33)24(15-56-30(55)51-32(10-11-32)35(42,43)44)19-6-9-23(36)22(12-19)25-48-17-49-53(25)28(37)38/h4-7,9,12-14,17,21,24,28H,8,10-11,15-16H2,1-3H3,(H2,45,50)(H,51,55)/t21?,24-,33-/m1/s1. The van der Waals surface area contributed by atoms with Gasteiger partial charge in [0.2, 0.25) is 5.82 Å². The number of amides is 2. The number of hydrogen-bond acceptors (Lipinski definition) is 8. The third-order valence-electron chi connectivity index (χ3n) is 9.66. The van der Waals surface area contributed by atoms with Crippen molar-refractivity contribution in [3.05, 3.63) is 77.1 Å². The zero-order chi connectivity index (χ0) is 41.0. The van der Waals surface area contributed by atoms with E-state index in [4.69, 9.17) is 21.7 Å². The fourth-order valence-electron chi connectivity index (χ4n) is 6.92. The van der Waals surface area contributed by atoms with E-state index in [-0.39, 0.29) is 53.2 Å². The maximum Gasteiger partial charge on any atom is 0.451 e. The van der Waals surface area contributed by atoms with Gasteiger partial charge in [-0.05, 0) is 54.4 Å². The number of allylic oxidation sites excluding steroid dienone is 3. The molecule has 3 heterocycles. The molecule has 0 bridgehead atoms. The van der Waals surface area contributed by atoms with Gasteiger partial charge in [-0.25, -0.2) is 19.7 Å². The number of carbonyl (C=O) groups is 2. The number of nitrogens with one attached hydrogen (secondary N) is 3. The summed E-state index contributed by atoms with van der Waals surface area (Å²) in [6.45, 7) is 1.65. The van der Waals surface area contributed by atoms with Crippen LogP contribution in [0.25, 0.3) is 17.0 Å². The van der Waals surface area contributed by atoms with Gasteiger partial charge in [0.25, 0.3) is 5.91 Å². The van der Waals surface area contributed by atoms with Crippen LogP contribution in [-0.2, 0) is 15.7 Å². The Bertz CT molecular complexity index is 2070. The number of alkyl carbamates (subject to hydrolysis) is 1. The average molecular weight is 816 g/mol. The lowest BCUT2D eigenvalue weighted by Crippen LogP contribution is -2.55. The highest BCUT2D eigenvalue weighted by Gasteiger charge is 2.65. The Morgan fingerprint density at radius 3 is 2.34 bits per heavy atom. The summed E-state index contributed by atoms with van der Waals surface area (Å²) in [7, 11) is 0. The van der Waals surface area contributed by atoms with Crippen LogP contribution in [0.5, 0.6) is 0 Å². The molecule has 2 aromatic heterocycles. The third-order valence-corrected chi connectivity index (χ3v) is 9.99. The monoisotopic (exact) mass is 815 g/mol. The molecule has 3 aliphatic rings. The van der Waals surface area contributed by atoms with Gasteiger partial charge >= 0.3 is 25.0 Å². The van der Waals surface area contributed by atoms with Gasteiger partial charge in [-0.3, -0.25) is 15.1 Å². The molecular formula is C35H34ClF8N9O3. The number of guanidine groups is 1. The first kappa shape index (κ1) is 40.5. The number of carbonyl (C=O) groups excluding carboxylic acids is 2. The van der Waals surface area contributed by atoms with E-state index in [2.05, 4.69) is 25.4 Å². The second-order valence-corrected chi connectivity index (χ2v) is 15.3. The summed E-state index contributed by atoms with van der Waals surface area (Å²) in [6, 6.07) is 2.54. The highest BCUT2D eigenvalue weighted by Crippen LogP contribution is 2.49. The van der Waals surface area contributed by atoms with Crippen molar-refractivity contribution in [2.24, 2.45) is 11.3 Å². The number of benzene rings is 1. The van der Waals surface area contributed by atoms with E-state index in [9.17, 15) is 44.7 Å². The Morgan fingerprint density at radius 2 is 1.79 bits per heavy atom. The van der Waals surface area contributed by atoms with Crippen molar-refractivity contribution in [1.29, 1.82) is 5.41 Å². The molecule has 0 spiro atoms. The molecule has 2 aliphatic carbocycles. The first-order valence-electron chi connectivity index (χ1n) is 17.0. The fourth-order valence-corrected chi connectivity index (χ4v) is 7.12. The van der Waals surface area contributed by atoms with Crippen LogP contribution in [0.4, 0.5) is 39.9 Å². The molecule has 300 valence electrons. The van der Waals surface area contributed by atoms with Crippen molar-refractivity contribution in [3.63, 3.8) is 0 Å². The lowest BCUT2D eigenvalue weighted by Gasteiger charge is -2.39. The van der Waals surface area contributed by atoms with E-state index >= 15 is 0 Å². The number of alkyl halides is 8. The van der Waals surface area contributed by atoms with Crippen LogP contribution in [-0.4, -0.2) is 71.5 Å². The van der Waals surface area contributed by atoms with Gasteiger partial charge in [0.05, 0.1) is 11.1 Å². The molecule has 3 atom stereocenters. The SMILES string of the molecule is CC(C)(C)C[C@]1(C2C=CC(c3cnc(C(F)(F)F)nc3)=CC2)NC(=N)N([C@H](COC(=O)NC2(C(F)(F)F)CC2)c2ccc(Cl)c(-c3ncnn3C(F)F)c2)C1=O. The van der Waals surface area contributed by atoms with Gasteiger partial charge in [0, 0.05) is 29.4 Å². The molecule has 1 saturated heterocycles. The summed E-state index contributed by atoms with van der Waals surface area (Å²) in [5.74, 6) is -3.49. The van der Waals surface area contributed by atoms with Gasteiger partial charge in [-0.1, -0.05) is 56.7 Å². The second kappa shape index (κ2) is 14.4. The smallest absolute Gasteiger partial charge is 0.447 e. The zero-order valence-corrected chi connectivity index (χ0v) is 30.5. The first-order chi connectivity index (χ1) is 26.0. The van der Waals surface area contributed by atoms with Crippen molar-refractivity contribution >= 4 is 35.1 Å². The summed E-state index contributed by atoms with van der Waals surface area (Å²) >= 11 is 6.41.